The van der Waals surface area contributed by atoms with Crippen LogP contribution in [0, 0.1) is 5.82 Å². The molecule has 0 fully saturated rings. The number of halogens is 2. The van der Waals surface area contributed by atoms with E-state index in [4.69, 9.17) is 11.6 Å². The van der Waals surface area contributed by atoms with E-state index in [1.165, 1.54) is 12.1 Å². The summed E-state index contributed by atoms with van der Waals surface area (Å²) in [4.78, 5) is 0. The predicted molar refractivity (Wildman–Crippen MR) is 58.0 cm³/mol. The highest BCUT2D eigenvalue weighted by Gasteiger charge is 2.13. The number of likely N-dealkylation sites (N-methyl/N-ethyl adjacent to an activating group) is 1. The highest BCUT2D eigenvalue weighted by atomic mass is 35.5. The summed E-state index contributed by atoms with van der Waals surface area (Å²) in [5.74, 6) is -0.324. The van der Waals surface area contributed by atoms with Crippen LogP contribution in [0.2, 0.25) is 5.02 Å². The maximum Gasteiger partial charge on any atom is 0.124 e. The Morgan fingerprint density at radius 1 is 1.57 bits per heavy atom. The first kappa shape index (κ1) is 11.2. The molecule has 1 atom stereocenters. The molecule has 0 saturated carbocycles. The molecule has 0 bridgehead atoms. The topological polar surface area (TPSA) is 12.0 Å². The van der Waals surface area contributed by atoms with Crippen LogP contribution in [0.3, 0.4) is 0 Å². The third kappa shape index (κ3) is 2.34. The van der Waals surface area contributed by atoms with Crippen LogP contribution in [0.15, 0.2) is 30.4 Å². The average molecular weight is 214 g/mol. The highest BCUT2D eigenvalue weighted by molar-refractivity contribution is 6.31. The summed E-state index contributed by atoms with van der Waals surface area (Å²) in [5, 5.41) is 3.50. The molecule has 0 amide bonds. The average Bonchev–Trinajstić information content (AvgIpc) is 2.09. The van der Waals surface area contributed by atoms with E-state index in [2.05, 4.69) is 11.9 Å². The summed E-state index contributed by atoms with van der Waals surface area (Å²) in [6.45, 7) is 5.75. The monoisotopic (exact) mass is 213 g/mol. The maximum absolute atomic E-state index is 12.8. The third-order valence-electron chi connectivity index (χ3n) is 2.05. The molecule has 0 spiro atoms. The molecular formula is C11H13ClFN. The summed E-state index contributed by atoms with van der Waals surface area (Å²) in [6.07, 6.45) is 0. The van der Waals surface area contributed by atoms with Crippen molar-refractivity contribution in [3.8, 4) is 0 Å². The van der Waals surface area contributed by atoms with Crippen LogP contribution < -0.4 is 5.32 Å². The molecule has 76 valence electrons. The number of nitrogens with one attached hydrogen (secondary N) is 1. The molecule has 1 N–H and O–H groups in total. The number of hydrogen-bond donors (Lipinski definition) is 1. The van der Waals surface area contributed by atoms with E-state index in [0.29, 0.717) is 5.02 Å². The lowest BCUT2D eigenvalue weighted by Crippen LogP contribution is -2.17. The van der Waals surface area contributed by atoms with Crippen LogP contribution >= 0.6 is 11.6 Å². The van der Waals surface area contributed by atoms with Crippen LogP contribution in [-0.4, -0.2) is 7.05 Å². The van der Waals surface area contributed by atoms with E-state index in [-0.39, 0.29) is 11.9 Å². The first-order valence-corrected chi connectivity index (χ1v) is 4.71. The molecule has 14 heavy (non-hydrogen) atoms. The summed E-state index contributed by atoms with van der Waals surface area (Å²) in [6, 6.07) is 4.36. The molecule has 1 rings (SSSR count). The summed E-state index contributed by atoms with van der Waals surface area (Å²) < 4.78 is 12.8. The molecule has 0 heterocycles. The Morgan fingerprint density at radius 3 is 2.64 bits per heavy atom. The summed E-state index contributed by atoms with van der Waals surface area (Å²) >= 11 is 5.93. The Labute approximate surface area is 88.6 Å². The molecule has 0 saturated heterocycles. The second-order valence-electron chi connectivity index (χ2n) is 3.23. The zero-order valence-corrected chi connectivity index (χ0v) is 9.03. The molecular weight excluding hydrogens is 201 g/mol. The van der Waals surface area contributed by atoms with Gasteiger partial charge in [0.2, 0.25) is 0 Å². The van der Waals surface area contributed by atoms with Gasteiger partial charge in [0.05, 0.1) is 6.04 Å². The number of hydrogen-bond acceptors (Lipinski definition) is 1. The first-order valence-electron chi connectivity index (χ1n) is 4.34. The molecule has 0 aromatic heterocycles. The van der Waals surface area contributed by atoms with Gasteiger partial charge in [-0.3, -0.25) is 0 Å². The Balaban J connectivity index is 3.10. The van der Waals surface area contributed by atoms with Crippen molar-refractivity contribution in [2.75, 3.05) is 7.05 Å². The minimum absolute atomic E-state index is 0.0249. The molecule has 3 heteroatoms. The van der Waals surface area contributed by atoms with Gasteiger partial charge in [0.15, 0.2) is 0 Å². The fourth-order valence-corrected chi connectivity index (χ4v) is 1.68. The normalized spacial score (nSPS) is 12.6. The molecule has 0 aliphatic rings. The largest absolute Gasteiger partial charge is 0.310 e. The van der Waals surface area contributed by atoms with Crippen molar-refractivity contribution in [1.82, 2.24) is 5.32 Å². The van der Waals surface area contributed by atoms with E-state index in [1.54, 1.807) is 6.07 Å². The van der Waals surface area contributed by atoms with Gasteiger partial charge in [0.25, 0.3) is 0 Å². The fourth-order valence-electron chi connectivity index (χ4n) is 1.40. The standard InChI is InChI=1S/C11H13ClFN/c1-7(2)11(14-3)9-5-4-8(13)6-10(9)12/h4-6,11,14H,1H2,2-3H3. The van der Waals surface area contributed by atoms with Crippen LogP contribution in [-0.2, 0) is 0 Å². The molecule has 0 radical (unpaired) electrons. The Hall–Kier alpha value is -0.860. The van der Waals surface area contributed by atoms with Crippen molar-refractivity contribution >= 4 is 11.6 Å². The number of benzene rings is 1. The Bertz CT molecular complexity index is 349. The second kappa shape index (κ2) is 4.58. The Morgan fingerprint density at radius 2 is 2.21 bits per heavy atom. The summed E-state index contributed by atoms with van der Waals surface area (Å²) in [7, 11) is 1.82. The molecule has 1 aromatic carbocycles. The van der Waals surface area contributed by atoms with Gasteiger partial charge >= 0.3 is 0 Å². The van der Waals surface area contributed by atoms with Crippen LogP contribution in [0.25, 0.3) is 0 Å². The maximum atomic E-state index is 12.8. The first-order chi connectivity index (χ1) is 6.56. The van der Waals surface area contributed by atoms with Crippen molar-refractivity contribution in [2.45, 2.75) is 13.0 Å². The van der Waals surface area contributed by atoms with Gasteiger partial charge < -0.3 is 5.32 Å². The molecule has 0 aliphatic carbocycles. The molecule has 0 aliphatic heterocycles. The van der Waals surface area contributed by atoms with Crippen molar-refractivity contribution in [2.24, 2.45) is 0 Å². The lowest BCUT2D eigenvalue weighted by atomic mass is 10.0. The lowest BCUT2D eigenvalue weighted by Gasteiger charge is -2.17. The van der Waals surface area contributed by atoms with Gasteiger partial charge in [-0.15, -0.1) is 0 Å². The lowest BCUT2D eigenvalue weighted by molar-refractivity contribution is 0.622. The smallest absolute Gasteiger partial charge is 0.124 e. The van der Waals surface area contributed by atoms with Crippen LogP contribution in [0.5, 0.6) is 0 Å². The van der Waals surface area contributed by atoms with E-state index in [0.717, 1.165) is 11.1 Å². The number of rotatable bonds is 3. The fraction of sp³-hybridized carbons (Fsp3) is 0.273. The van der Waals surface area contributed by atoms with Gasteiger partial charge in [-0.1, -0.05) is 29.8 Å². The molecule has 1 aromatic rings. The molecule has 1 unspecified atom stereocenters. The minimum atomic E-state index is -0.324. The van der Waals surface area contributed by atoms with E-state index in [9.17, 15) is 4.39 Å². The quantitative estimate of drug-likeness (QED) is 0.760. The third-order valence-corrected chi connectivity index (χ3v) is 2.38. The Kier molecular flexibility index (Phi) is 3.67. The molecule has 1 nitrogen and oxygen atoms in total. The van der Waals surface area contributed by atoms with Gasteiger partial charge in [-0.05, 0) is 31.7 Å². The van der Waals surface area contributed by atoms with E-state index in [1.807, 2.05) is 14.0 Å². The highest BCUT2D eigenvalue weighted by Crippen LogP contribution is 2.27. The minimum Gasteiger partial charge on any atom is -0.310 e. The van der Waals surface area contributed by atoms with Crippen molar-refractivity contribution in [1.29, 1.82) is 0 Å². The summed E-state index contributed by atoms with van der Waals surface area (Å²) in [5.41, 5.74) is 1.80. The van der Waals surface area contributed by atoms with E-state index < -0.39 is 0 Å². The van der Waals surface area contributed by atoms with Gasteiger partial charge in [0, 0.05) is 5.02 Å². The van der Waals surface area contributed by atoms with E-state index >= 15 is 0 Å². The van der Waals surface area contributed by atoms with Crippen LogP contribution in [0.4, 0.5) is 4.39 Å². The van der Waals surface area contributed by atoms with Crippen LogP contribution in [0.1, 0.15) is 18.5 Å². The van der Waals surface area contributed by atoms with Gasteiger partial charge in [-0.25, -0.2) is 4.39 Å². The zero-order valence-electron chi connectivity index (χ0n) is 8.27. The zero-order chi connectivity index (χ0) is 10.7. The van der Waals surface area contributed by atoms with Gasteiger partial charge in [-0.2, -0.15) is 0 Å². The SMILES string of the molecule is C=C(C)C(NC)c1ccc(F)cc1Cl. The van der Waals surface area contributed by atoms with Crippen molar-refractivity contribution < 1.29 is 4.39 Å². The van der Waals surface area contributed by atoms with Crippen molar-refractivity contribution in [3.05, 3.63) is 46.8 Å². The van der Waals surface area contributed by atoms with Crippen molar-refractivity contribution in [3.63, 3.8) is 0 Å². The second-order valence-corrected chi connectivity index (χ2v) is 3.64. The van der Waals surface area contributed by atoms with Gasteiger partial charge in [0.1, 0.15) is 5.82 Å². The predicted octanol–water partition coefficient (Wildman–Crippen LogP) is 3.32.